The zero-order valence-corrected chi connectivity index (χ0v) is 8.08. The lowest BCUT2D eigenvalue weighted by Gasteiger charge is -2.06. The minimum atomic E-state index is 0.484. The van der Waals surface area contributed by atoms with E-state index in [9.17, 15) is 0 Å². The average Bonchev–Trinajstić information content (AvgIpc) is 2.28. The van der Waals surface area contributed by atoms with Crippen LogP contribution in [0.5, 0.6) is 0 Å². The molecule has 0 aliphatic carbocycles. The largest absolute Gasteiger partial charge is 0.383 e. The van der Waals surface area contributed by atoms with E-state index in [2.05, 4.69) is 15.3 Å². The predicted octanol–water partition coefficient (Wildman–Crippen LogP) is 0.410. The molecular weight excluding hydrogens is 184 g/mol. The van der Waals surface area contributed by atoms with Crippen LogP contribution in [0.3, 0.4) is 0 Å². The zero-order chi connectivity index (χ0) is 9.26. The molecule has 0 fully saturated rings. The number of aromatic amines is 1. The van der Waals surface area contributed by atoms with Crippen molar-refractivity contribution in [2.75, 3.05) is 18.8 Å². The summed E-state index contributed by atoms with van der Waals surface area (Å²) in [6.45, 7) is 1.94. The van der Waals surface area contributed by atoms with Crippen LogP contribution in [-0.2, 0) is 12.8 Å². The van der Waals surface area contributed by atoms with E-state index >= 15 is 0 Å². The Labute approximate surface area is 81.6 Å². The number of hydrogen-bond acceptors (Lipinski definition) is 4. The third kappa shape index (κ3) is 1.71. The van der Waals surface area contributed by atoms with Gasteiger partial charge in [-0.2, -0.15) is 0 Å². The van der Waals surface area contributed by atoms with Crippen LogP contribution in [0.15, 0.2) is 0 Å². The first-order valence-electron chi connectivity index (χ1n) is 4.35. The van der Waals surface area contributed by atoms with E-state index < -0.39 is 0 Å². The molecule has 1 aliphatic heterocycles. The molecule has 5 heteroatoms. The molecule has 13 heavy (non-hydrogen) atoms. The summed E-state index contributed by atoms with van der Waals surface area (Å²) in [7, 11) is 0. The molecule has 0 radical (unpaired) electrons. The number of anilines is 1. The van der Waals surface area contributed by atoms with Gasteiger partial charge in [-0.1, -0.05) is 0 Å². The smallest absolute Gasteiger partial charge is 0.198 e. The normalized spacial score (nSPS) is 16.3. The Bertz CT molecular complexity index is 371. The van der Waals surface area contributed by atoms with Gasteiger partial charge in [-0.15, -0.1) is 0 Å². The summed E-state index contributed by atoms with van der Waals surface area (Å²) in [5, 5.41) is 3.30. The molecule has 0 amide bonds. The van der Waals surface area contributed by atoms with Gasteiger partial charge >= 0.3 is 0 Å². The van der Waals surface area contributed by atoms with E-state index in [-0.39, 0.29) is 0 Å². The Morgan fingerprint density at radius 3 is 2.92 bits per heavy atom. The maximum Gasteiger partial charge on any atom is 0.198 e. The van der Waals surface area contributed by atoms with E-state index in [1.54, 1.807) is 0 Å². The van der Waals surface area contributed by atoms with Gasteiger partial charge in [0.2, 0.25) is 0 Å². The van der Waals surface area contributed by atoms with Crippen molar-refractivity contribution in [3.63, 3.8) is 0 Å². The topological polar surface area (TPSA) is 66.7 Å². The molecule has 0 bridgehead atoms. The van der Waals surface area contributed by atoms with E-state index in [0.717, 1.165) is 37.2 Å². The quantitative estimate of drug-likeness (QED) is 0.526. The maximum absolute atomic E-state index is 5.79. The molecule has 4 N–H and O–H groups in total. The summed E-state index contributed by atoms with van der Waals surface area (Å²) in [6.07, 6.45) is 1.88. The van der Waals surface area contributed by atoms with E-state index in [4.69, 9.17) is 18.0 Å². The van der Waals surface area contributed by atoms with Crippen LogP contribution < -0.4 is 11.1 Å². The fourth-order valence-corrected chi connectivity index (χ4v) is 1.83. The minimum absolute atomic E-state index is 0.484. The van der Waals surface area contributed by atoms with Crippen molar-refractivity contribution in [1.82, 2.24) is 15.3 Å². The van der Waals surface area contributed by atoms with Gasteiger partial charge in [-0.05, 0) is 25.2 Å². The number of nitrogens with zero attached hydrogens (tertiary/aromatic N) is 1. The third-order valence-corrected chi connectivity index (χ3v) is 2.45. The number of nitrogens with one attached hydrogen (secondary N) is 2. The van der Waals surface area contributed by atoms with Gasteiger partial charge in [-0.3, -0.25) is 0 Å². The van der Waals surface area contributed by atoms with Crippen LogP contribution in [0.1, 0.15) is 11.3 Å². The Hall–Kier alpha value is -0.940. The first kappa shape index (κ1) is 8.65. The van der Waals surface area contributed by atoms with Gasteiger partial charge in [0.05, 0.1) is 0 Å². The highest BCUT2D eigenvalue weighted by atomic mass is 32.1. The average molecular weight is 196 g/mol. The van der Waals surface area contributed by atoms with Crippen molar-refractivity contribution in [2.24, 2.45) is 0 Å². The van der Waals surface area contributed by atoms with E-state index in [1.807, 2.05) is 0 Å². The SMILES string of the molecule is Nc1nc(=S)[nH]c2c1CCNCC2. The van der Waals surface area contributed by atoms with E-state index in [0.29, 0.717) is 10.6 Å². The van der Waals surface area contributed by atoms with Crippen LogP contribution in [-0.4, -0.2) is 23.1 Å². The highest BCUT2D eigenvalue weighted by Gasteiger charge is 2.11. The second kappa shape index (κ2) is 3.43. The first-order chi connectivity index (χ1) is 6.27. The summed E-state index contributed by atoms with van der Waals surface area (Å²) in [4.78, 5) is 7.13. The number of rotatable bonds is 0. The van der Waals surface area contributed by atoms with Crippen molar-refractivity contribution in [3.05, 3.63) is 16.0 Å². The molecule has 0 unspecified atom stereocenters. The lowest BCUT2D eigenvalue weighted by atomic mass is 10.1. The lowest BCUT2D eigenvalue weighted by Crippen LogP contribution is -2.16. The number of nitrogens with two attached hydrogens (primary N) is 1. The van der Waals surface area contributed by atoms with Gasteiger partial charge in [-0.25, -0.2) is 4.98 Å². The molecule has 0 spiro atoms. The lowest BCUT2D eigenvalue weighted by molar-refractivity contribution is 0.708. The first-order valence-corrected chi connectivity index (χ1v) is 4.76. The summed E-state index contributed by atoms with van der Waals surface area (Å²) in [5.74, 6) is 0.586. The van der Waals surface area contributed by atoms with Gasteiger partial charge in [0.15, 0.2) is 4.77 Å². The predicted molar refractivity (Wildman–Crippen MR) is 54.1 cm³/mol. The van der Waals surface area contributed by atoms with E-state index in [1.165, 1.54) is 0 Å². The number of nitrogen functional groups attached to an aromatic ring is 1. The van der Waals surface area contributed by atoms with Crippen LogP contribution in [0.25, 0.3) is 0 Å². The van der Waals surface area contributed by atoms with Crippen LogP contribution in [0, 0.1) is 4.77 Å². The molecule has 1 aromatic heterocycles. The molecule has 0 saturated carbocycles. The number of hydrogen-bond donors (Lipinski definition) is 3. The Morgan fingerprint density at radius 1 is 1.31 bits per heavy atom. The third-order valence-electron chi connectivity index (χ3n) is 2.26. The fourth-order valence-electron chi connectivity index (χ4n) is 1.61. The maximum atomic E-state index is 5.79. The van der Waals surface area contributed by atoms with Crippen LogP contribution >= 0.6 is 12.2 Å². The van der Waals surface area contributed by atoms with Gasteiger partial charge in [0, 0.05) is 24.2 Å². The van der Waals surface area contributed by atoms with Crippen molar-refractivity contribution in [3.8, 4) is 0 Å². The number of aromatic nitrogens is 2. The molecule has 70 valence electrons. The molecule has 0 aromatic carbocycles. The van der Waals surface area contributed by atoms with Crippen molar-refractivity contribution < 1.29 is 0 Å². The van der Waals surface area contributed by atoms with Crippen molar-refractivity contribution >= 4 is 18.0 Å². The van der Waals surface area contributed by atoms with Gasteiger partial charge < -0.3 is 16.0 Å². The number of fused-ring (bicyclic) bond motifs is 1. The fraction of sp³-hybridized carbons (Fsp3) is 0.500. The molecule has 0 saturated heterocycles. The summed E-state index contributed by atoms with van der Waals surface area (Å²) < 4.78 is 0.484. The molecule has 2 rings (SSSR count). The molecule has 1 aromatic rings. The monoisotopic (exact) mass is 196 g/mol. The molecule has 2 heterocycles. The zero-order valence-electron chi connectivity index (χ0n) is 7.26. The van der Waals surface area contributed by atoms with Crippen molar-refractivity contribution in [1.29, 1.82) is 0 Å². The van der Waals surface area contributed by atoms with Crippen LogP contribution in [0.2, 0.25) is 0 Å². The second-order valence-electron chi connectivity index (χ2n) is 3.13. The Balaban J connectivity index is 2.53. The van der Waals surface area contributed by atoms with Gasteiger partial charge in [0.1, 0.15) is 5.82 Å². The number of H-pyrrole nitrogens is 1. The highest BCUT2D eigenvalue weighted by molar-refractivity contribution is 7.71. The molecule has 0 atom stereocenters. The standard InChI is InChI=1S/C8H12N4S/c9-7-5-1-3-10-4-2-6(5)11-8(13)12-7/h10H,1-4H2,(H3,9,11,12,13). The Kier molecular flexibility index (Phi) is 2.28. The molecule has 1 aliphatic rings. The Morgan fingerprint density at radius 2 is 2.08 bits per heavy atom. The highest BCUT2D eigenvalue weighted by Crippen LogP contribution is 2.15. The summed E-state index contributed by atoms with van der Waals surface area (Å²) in [5.41, 5.74) is 8.05. The molecule has 4 nitrogen and oxygen atoms in total. The van der Waals surface area contributed by atoms with Crippen LogP contribution in [0.4, 0.5) is 5.82 Å². The summed E-state index contributed by atoms with van der Waals surface area (Å²) >= 11 is 4.96. The second-order valence-corrected chi connectivity index (χ2v) is 3.52. The van der Waals surface area contributed by atoms with Gasteiger partial charge in [0.25, 0.3) is 0 Å². The minimum Gasteiger partial charge on any atom is -0.383 e. The van der Waals surface area contributed by atoms with Crippen molar-refractivity contribution in [2.45, 2.75) is 12.8 Å². The molecular formula is C8H12N4S. The summed E-state index contributed by atoms with van der Waals surface area (Å²) in [6, 6.07) is 0.